The second kappa shape index (κ2) is 6.45. The quantitative estimate of drug-likeness (QED) is 0.852. The Morgan fingerprint density at radius 1 is 1.21 bits per heavy atom. The molecule has 0 spiro atoms. The van der Waals surface area contributed by atoms with Gasteiger partial charge in [0.15, 0.2) is 0 Å². The summed E-state index contributed by atoms with van der Waals surface area (Å²) in [5.74, 6) is 1.40. The number of rotatable bonds is 4. The molecule has 0 N–H and O–H groups in total. The van der Waals surface area contributed by atoms with Gasteiger partial charge in [-0.25, -0.2) is 8.42 Å². The first-order chi connectivity index (χ1) is 11.4. The first-order valence-corrected chi connectivity index (χ1v) is 9.23. The Hall–Kier alpha value is -2.05. The van der Waals surface area contributed by atoms with Crippen molar-refractivity contribution in [3.63, 3.8) is 0 Å². The standard InChI is InChI=1S/C18H21NO4S/c1-13-12-14(22-3)8-9-18(13)24(20,21)19(2)16-10-11-23-17-7-5-4-6-15(16)17/h4-9,12,16H,10-11H2,1-3H3. The van der Waals surface area contributed by atoms with Crippen molar-refractivity contribution < 1.29 is 17.9 Å². The Morgan fingerprint density at radius 2 is 1.96 bits per heavy atom. The summed E-state index contributed by atoms with van der Waals surface area (Å²) in [5, 5.41) is 0. The Morgan fingerprint density at radius 3 is 2.67 bits per heavy atom. The van der Waals surface area contributed by atoms with Crippen LogP contribution in [0.1, 0.15) is 23.6 Å². The van der Waals surface area contributed by atoms with Crippen LogP contribution in [0.25, 0.3) is 0 Å². The lowest BCUT2D eigenvalue weighted by Gasteiger charge is -2.32. The van der Waals surface area contributed by atoms with Gasteiger partial charge in [0.25, 0.3) is 0 Å². The largest absolute Gasteiger partial charge is 0.497 e. The van der Waals surface area contributed by atoms with Gasteiger partial charge in [0.1, 0.15) is 11.5 Å². The van der Waals surface area contributed by atoms with Gasteiger partial charge in [-0.1, -0.05) is 18.2 Å². The van der Waals surface area contributed by atoms with Crippen LogP contribution in [0.3, 0.4) is 0 Å². The number of benzene rings is 2. The molecular weight excluding hydrogens is 326 g/mol. The highest BCUT2D eigenvalue weighted by molar-refractivity contribution is 7.89. The molecular formula is C18H21NO4S. The van der Waals surface area contributed by atoms with E-state index in [1.54, 1.807) is 39.3 Å². The van der Waals surface area contributed by atoms with Crippen LogP contribution in [0.15, 0.2) is 47.4 Å². The van der Waals surface area contributed by atoms with Crippen LogP contribution < -0.4 is 9.47 Å². The van der Waals surface area contributed by atoms with Crippen molar-refractivity contribution in [2.24, 2.45) is 0 Å². The van der Waals surface area contributed by atoms with Gasteiger partial charge in [-0.3, -0.25) is 0 Å². The van der Waals surface area contributed by atoms with Gasteiger partial charge in [-0.05, 0) is 36.8 Å². The minimum Gasteiger partial charge on any atom is -0.497 e. The van der Waals surface area contributed by atoms with E-state index >= 15 is 0 Å². The molecule has 1 unspecified atom stereocenters. The van der Waals surface area contributed by atoms with E-state index < -0.39 is 10.0 Å². The van der Waals surface area contributed by atoms with Crippen LogP contribution in [0.4, 0.5) is 0 Å². The summed E-state index contributed by atoms with van der Waals surface area (Å²) in [6.45, 7) is 2.28. The molecule has 0 aromatic heterocycles. The molecule has 1 atom stereocenters. The Balaban J connectivity index is 1.99. The third-order valence-corrected chi connectivity index (χ3v) is 6.43. The monoisotopic (exact) mass is 347 g/mol. The van der Waals surface area contributed by atoms with E-state index in [4.69, 9.17) is 9.47 Å². The molecule has 0 fully saturated rings. The summed E-state index contributed by atoms with van der Waals surface area (Å²) in [7, 11) is -0.421. The molecule has 6 heteroatoms. The lowest BCUT2D eigenvalue weighted by molar-refractivity contribution is 0.221. The fourth-order valence-corrected chi connectivity index (χ4v) is 4.63. The smallest absolute Gasteiger partial charge is 0.243 e. The third-order valence-electron chi connectivity index (χ3n) is 4.40. The number of methoxy groups -OCH3 is 1. The maximum absolute atomic E-state index is 13.1. The van der Waals surface area contributed by atoms with Crippen LogP contribution in [0.5, 0.6) is 11.5 Å². The zero-order chi connectivity index (χ0) is 17.3. The van der Waals surface area contributed by atoms with Gasteiger partial charge in [-0.2, -0.15) is 4.31 Å². The van der Waals surface area contributed by atoms with E-state index in [1.807, 2.05) is 24.3 Å². The second-order valence-electron chi connectivity index (χ2n) is 5.84. The minimum atomic E-state index is -3.61. The first kappa shape index (κ1) is 16.8. The predicted octanol–water partition coefficient (Wildman–Crippen LogP) is 3.15. The van der Waals surface area contributed by atoms with E-state index in [0.717, 1.165) is 11.3 Å². The van der Waals surface area contributed by atoms with Gasteiger partial charge in [0.05, 0.1) is 24.7 Å². The number of sulfonamides is 1. The number of para-hydroxylation sites is 1. The number of hydrogen-bond acceptors (Lipinski definition) is 4. The van der Waals surface area contributed by atoms with Gasteiger partial charge < -0.3 is 9.47 Å². The van der Waals surface area contributed by atoms with E-state index in [9.17, 15) is 8.42 Å². The normalized spacial score (nSPS) is 17.2. The lowest BCUT2D eigenvalue weighted by Crippen LogP contribution is -2.34. The molecule has 0 saturated carbocycles. The third kappa shape index (κ3) is 2.87. The van der Waals surface area contributed by atoms with Crippen LogP contribution in [0.2, 0.25) is 0 Å². The van der Waals surface area contributed by atoms with Crippen molar-refractivity contribution in [1.82, 2.24) is 4.31 Å². The number of fused-ring (bicyclic) bond motifs is 1. The summed E-state index contributed by atoms with van der Waals surface area (Å²) in [4.78, 5) is 0.301. The fraction of sp³-hybridized carbons (Fsp3) is 0.333. The van der Waals surface area contributed by atoms with Gasteiger partial charge >= 0.3 is 0 Å². The second-order valence-corrected chi connectivity index (χ2v) is 7.81. The summed E-state index contributed by atoms with van der Waals surface area (Å²) >= 11 is 0. The van der Waals surface area contributed by atoms with Gasteiger partial charge in [-0.15, -0.1) is 0 Å². The molecule has 1 aliphatic heterocycles. The Labute approximate surface area is 142 Å². The van der Waals surface area contributed by atoms with E-state index in [-0.39, 0.29) is 6.04 Å². The van der Waals surface area contributed by atoms with Crippen molar-refractivity contribution in [1.29, 1.82) is 0 Å². The zero-order valence-electron chi connectivity index (χ0n) is 14.0. The van der Waals surface area contributed by atoms with Crippen LogP contribution >= 0.6 is 0 Å². The predicted molar refractivity (Wildman–Crippen MR) is 92.0 cm³/mol. The molecule has 0 aliphatic carbocycles. The summed E-state index contributed by atoms with van der Waals surface area (Å²) in [5.41, 5.74) is 1.57. The van der Waals surface area contributed by atoms with Crippen LogP contribution in [-0.2, 0) is 10.0 Å². The van der Waals surface area contributed by atoms with E-state index in [1.165, 1.54) is 4.31 Å². The van der Waals surface area contributed by atoms with Crippen molar-refractivity contribution in [3.05, 3.63) is 53.6 Å². The number of aryl methyl sites for hydroxylation is 1. The molecule has 0 saturated heterocycles. The molecule has 3 rings (SSSR count). The summed E-state index contributed by atoms with van der Waals surface area (Å²) in [6.07, 6.45) is 0.627. The lowest BCUT2D eigenvalue weighted by atomic mass is 10.0. The Bertz CT molecular complexity index is 848. The van der Waals surface area contributed by atoms with Gasteiger partial charge in [0.2, 0.25) is 10.0 Å². The molecule has 0 amide bonds. The van der Waals surface area contributed by atoms with Gasteiger partial charge in [0, 0.05) is 19.0 Å². The van der Waals surface area contributed by atoms with E-state index in [0.29, 0.717) is 29.2 Å². The van der Waals surface area contributed by atoms with Crippen molar-refractivity contribution in [2.45, 2.75) is 24.3 Å². The van der Waals surface area contributed by atoms with E-state index in [2.05, 4.69) is 0 Å². The average molecular weight is 347 g/mol. The molecule has 1 heterocycles. The van der Waals surface area contributed by atoms with Crippen molar-refractivity contribution in [2.75, 3.05) is 20.8 Å². The molecule has 0 bridgehead atoms. The highest BCUT2D eigenvalue weighted by atomic mass is 32.2. The zero-order valence-corrected chi connectivity index (χ0v) is 14.8. The topological polar surface area (TPSA) is 55.8 Å². The molecule has 2 aromatic rings. The summed E-state index contributed by atoms with van der Waals surface area (Å²) in [6, 6.07) is 12.4. The number of hydrogen-bond donors (Lipinski definition) is 0. The summed E-state index contributed by atoms with van der Waals surface area (Å²) < 4.78 is 38.5. The maximum atomic E-state index is 13.1. The van der Waals surface area contributed by atoms with Crippen LogP contribution in [-0.4, -0.2) is 33.5 Å². The highest BCUT2D eigenvalue weighted by Crippen LogP contribution is 2.38. The molecule has 2 aromatic carbocycles. The molecule has 1 aliphatic rings. The first-order valence-electron chi connectivity index (χ1n) is 7.79. The molecule has 128 valence electrons. The molecule has 5 nitrogen and oxygen atoms in total. The maximum Gasteiger partial charge on any atom is 0.243 e. The number of nitrogens with zero attached hydrogens (tertiary/aromatic N) is 1. The number of ether oxygens (including phenoxy) is 2. The van der Waals surface area contributed by atoms with Crippen molar-refractivity contribution >= 4 is 10.0 Å². The molecule has 24 heavy (non-hydrogen) atoms. The van der Waals surface area contributed by atoms with Crippen molar-refractivity contribution in [3.8, 4) is 11.5 Å². The molecule has 0 radical (unpaired) electrons. The van der Waals surface area contributed by atoms with Crippen LogP contribution in [0, 0.1) is 6.92 Å². The minimum absolute atomic E-state index is 0.235. The average Bonchev–Trinajstić information content (AvgIpc) is 2.60. The fourth-order valence-electron chi connectivity index (χ4n) is 3.06. The SMILES string of the molecule is COc1ccc(S(=O)(=O)N(C)C2CCOc3ccccc32)c(C)c1. The highest BCUT2D eigenvalue weighted by Gasteiger charge is 2.33. The Kier molecular flexibility index (Phi) is 4.51.